The van der Waals surface area contributed by atoms with Crippen LogP contribution in [0, 0.1) is 0 Å². The summed E-state index contributed by atoms with van der Waals surface area (Å²) in [5.41, 5.74) is 0.906. The molecule has 0 radical (unpaired) electrons. The highest BCUT2D eigenvalue weighted by molar-refractivity contribution is 9.10. The molecule has 0 spiro atoms. The minimum Gasteiger partial charge on any atom is -0.405 e. The Morgan fingerprint density at radius 1 is 1.43 bits per heavy atom. The maximum Gasteiger partial charge on any atom is 0.573 e. The quantitative estimate of drug-likeness (QED) is 0.877. The Morgan fingerprint density at radius 3 is 2.71 bits per heavy atom. The van der Waals surface area contributed by atoms with Crippen molar-refractivity contribution in [3.05, 3.63) is 22.7 Å². The van der Waals surface area contributed by atoms with Gasteiger partial charge in [0.15, 0.2) is 0 Å². The number of nitrogens with zero attached hydrogens (tertiary/aromatic N) is 1. The Kier molecular flexibility index (Phi) is 4.72. The average molecular weight is 367 g/mol. The van der Waals surface area contributed by atoms with Gasteiger partial charge in [0.25, 0.3) is 0 Å². The molecule has 1 saturated heterocycles. The molecule has 0 amide bonds. The largest absolute Gasteiger partial charge is 0.573 e. The van der Waals surface area contributed by atoms with Crippen LogP contribution in [0.25, 0.3) is 0 Å². The monoisotopic (exact) mass is 366 g/mol. The molecule has 1 fully saturated rings. The van der Waals surface area contributed by atoms with Crippen LogP contribution < -0.4 is 15.0 Å². The summed E-state index contributed by atoms with van der Waals surface area (Å²) in [5, 5.41) is 3.48. The Bertz CT molecular complexity index is 509. The number of piperazine rings is 1. The van der Waals surface area contributed by atoms with Crippen molar-refractivity contribution < 1.29 is 17.9 Å². The third kappa shape index (κ3) is 4.26. The number of nitrogens with one attached hydrogen (secondary N) is 1. The maximum atomic E-state index is 12.3. The minimum atomic E-state index is -4.68. The van der Waals surface area contributed by atoms with Gasteiger partial charge >= 0.3 is 6.36 Å². The summed E-state index contributed by atoms with van der Waals surface area (Å²) in [7, 11) is 0. The molecule has 0 aromatic heterocycles. The highest BCUT2D eigenvalue weighted by atomic mass is 79.9. The van der Waals surface area contributed by atoms with Crippen LogP contribution >= 0.6 is 15.9 Å². The highest BCUT2D eigenvalue weighted by Crippen LogP contribution is 2.34. The molecule has 21 heavy (non-hydrogen) atoms. The van der Waals surface area contributed by atoms with E-state index in [1.54, 1.807) is 12.1 Å². The summed E-state index contributed by atoms with van der Waals surface area (Å²) in [6, 6.07) is 4.67. The molecule has 1 N–H and O–H groups in total. The van der Waals surface area contributed by atoms with Crippen molar-refractivity contribution in [1.82, 2.24) is 5.32 Å². The van der Waals surface area contributed by atoms with Crippen LogP contribution in [0.1, 0.15) is 20.3 Å². The van der Waals surface area contributed by atoms with E-state index in [0.29, 0.717) is 4.47 Å². The van der Waals surface area contributed by atoms with E-state index in [0.717, 1.165) is 31.7 Å². The summed E-state index contributed by atoms with van der Waals surface area (Å²) < 4.78 is 41.0. The number of hydrogen-bond donors (Lipinski definition) is 1. The lowest BCUT2D eigenvalue weighted by Crippen LogP contribution is -2.58. The van der Waals surface area contributed by atoms with Crippen LogP contribution in [0.2, 0.25) is 0 Å². The van der Waals surface area contributed by atoms with Gasteiger partial charge in [-0.15, -0.1) is 13.2 Å². The molecule has 0 saturated carbocycles. The van der Waals surface area contributed by atoms with Crippen molar-refractivity contribution in [1.29, 1.82) is 0 Å². The van der Waals surface area contributed by atoms with Gasteiger partial charge in [-0.1, -0.05) is 6.92 Å². The second-order valence-corrected chi connectivity index (χ2v) is 6.28. The van der Waals surface area contributed by atoms with Crippen LogP contribution in [-0.4, -0.2) is 31.5 Å². The van der Waals surface area contributed by atoms with Crippen LogP contribution in [0.4, 0.5) is 18.9 Å². The van der Waals surface area contributed by atoms with Gasteiger partial charge in [0.05, 0.1) is 4.47 Å². The second-order valence-electron chi connectivity index (χ2n) is 5.43. The van der Waals surface area contributed by atoms with Crippen molar-refractivity contribution in [3.8, 4) is 5.75 Å². The number of ether oxygens (including phenoxy) is 1. The molecule has 1 heterocycles. The predicted octanol–water partition coefficient (Wildman–Crippen LogP) is 3.93. The smallest absolute Gasteiger partial charge is 0.405 e. The molecule has 0 aliphatic carbocycles. The lowest BCUT2D eigenvalue weighted by Gasteiger charge is -2.42. The summed E-state index contributed by atoms with van der Waals surface area (Å²) in [5.74, 6) is -0.223. The van der Waals surface area contributed by atoms with Gasteiger partial charge in [0.2, 0.25) is 0 Å². The van der Waals surface area contributed by atoms with E-state index in [4.69, 9.17) is 0 Å². The molecular formula is C14H18BrF3N2O. The summed E-state index contributed by atoms with van der Waals surface area (Å²) in [6.07, 6.45) is -3.69. The van der Waals surface area contributed by atoms with E-state index >= 15 is 0 Å². The minimum absolute atomic E-state index is 0.0197. The molecule has 1 aromatic rings. The molecular weight excluding hydrogens is 349 g/mol. The van der Waals surface area contributed by atoms with E-state index in [1.165, 1.54) is 6.07 Å². The summed E-state index contributed by atoms with van der Waals surface area (Å²) >= 11 is 3.14. The third-order valence-corrected chi connectivity index (χ3v) is 4.38. The van der Waals surface area contributed by atoms with Gasteiger partial charge in [-0.25, -0.2) is 0 Å². The zero-order valence-electron chi connectivity index (χ0n) is 11.9. The van der Waals surface area contributed by atoms with E-state index < -0.39 is 6.36 Å². The molecule has 1 unspecified atom stereocenters. The first kappa shape index (κ1) is 16.4. The van der Waals surface area contributed by atoms with Crippen LogP contribution in [0.15, 0.2) is 22.7 Å². The standard InChI is InChI=1S/C14H18BrF3N2O/c1-3-13(2)9-20(7-6-19-13)10-4-5-12(11(15)8-10)21-14(16,17)18/h4-5,8,19H,3,6-7,9H2,1-2H3. The molecule has 1 aliphatic heterocycles. The first-order valence-corrected chi connectivity index (χ1v) is 7.57. The van der Waals surface area contributed by atoms with E-state index in [-0.39, 0.29) is 11.3 Å². The zero-order chi connectivity index (χ0) is 15.7. The molecule has 2 rings (SSSR count). The fourth-order valence-corrected chi connectivity index (χ4v) is 2.85. The maximum absolute atomic E-state index is 12.3. The lowest BCUT2D eigenvalue weighted by atomic mass is 9.95. The SMILES string of the molecule is CCC1(C)CN(c2ccc(OC(F)(F)F)c(Br)c2)CCN1. The van der Waals surface area contributed by atoms with Crippen molar-refractivity contribution >= 4 is 21.6 Å². The summed E-state index contributed by atoms with van der Waals surface area (Å²) in [6.45, 7) is 6.75. The van der Waals surface area contributed by atoms with Crippen molar-refractivity contribution in [2.24, 2.45) is 0 Å². The Hall–Kier alpha value is -0.950. The molecule has 3 nitrogen and oxygen atoms in total. The Balaban J connectivity index is 2.16. The normalized spacial score (nSPS) is 23.2. The van der Waals surface area contributed by atoms with Gasteiger partial charge < -0.3 is 15.0 Å². The number of anilines is 1. The molecule has 118 valence electrons. The number of halogens is 4. The number of rotatable bonds is 3. The van der Waals surface area contributed by atoms with Crippen molar-refractivity contribution in [2.75, 3.05) is 24.5 Å². The van der Waals surface area contributed by atoms with Crippen LogP contribution in [0.5, 0.6) is 5.75 Å². The number of alkyl halides is 3. The first-order valence-electron chi connectivity index (χ1n) is 6.78. The van der Waals surface area contributed by atoms with Gasteiger partial charge in [-0.3, -0.25) is 0 Å². The second kappa shape index (κ2) is 6.04. The number of hydrogen-bond acceptors (Lipinski definition) is 3. The van der Waals surface area contributed by atoms with Gasteiger partial charge in [-0.05, 0) is 47.5 Å². The average Bonchev–Trinajstić information content (AvgIpc) is 2.40. The molecule has 7 heteroatoms. The fraction of sp³-hybridized carbons (Fsp3) is 0.571. The van der Waals surface area contributed by atoms with Crippen LogP contribution in [-0.2, 0) is 0 Å². The van der Waals surface area contributed by atoms with Gasteiger partial charge in [0.1, 0.15) is 5.75 Å². The van der Waals surface area contributed by atoms with Gasteiger partial charge in [-0.2, -0.15) is 0 Å². The third-order valence-electron chi connectivity index (χ3n) is 3.76. The zero-order valence-corrected chi connectivity index (χ0v) is 13.5. The highest BCUT2D eigenvalue weighted by Gasteiger charge is 2.32. The fourth-order valence-electron chi connectivity index (χ4n) is 2.40. The molecule has 1 aliphatic rings. The van der Waals surface area contributed by atoms with Gasteiger partial charge in [0, 0.05) is 30.9 Å². The van der Waals surface area contributed by atoms with Crippen molar-refractivity contribution in [3.63, 3.8) is 0 Å². The Labute approximate surface area is 130 Å². The summed E-state index contributed by atoms with van der Waals surface area (Å²) in [4.78, 5) is 2.17. The number of benzene rings is 1. The lowest BCUT2D eigenvalue weighted by molar-refractivity contribution is -0.274. The molecule has 0 bridgehead atoms. The Morgan fingerprint density at radius 2 is 2.14 bits per heavy atom. The molecule has 1 atom stereocenters. The molecule has 1 aromatic carbocycles. The van der Waals surface area contributed by atoms with E-state index in [9.17, 15) is 13.2 Å². The van der Waals surface area contributed by atoms with E-state index in [2.05, 4.69) is 44.7 Å². The van der Waals surface area contributed by atoms with Crippen molar-refractivity contribution in [2.45, 2.75) is 32.2 Å². The first-order chi connectivity index (χ1) is 9.72. The van der Waals surface area contributed by atoms with Crippen LogP contribution in [0.3, 0.4) is 0 Å². The topological polar surface area (TPSA) is 24.5 Å². The predicted molar refractivity (Wildman–Crippen MR) is 79.7 cm³/mol. The van der Waals surface area contributed by atoms with E-state index in [1.807, 2.05) is 0 Å².